The van der Waals surface area contributed by atoms with Crippen molar-refractivity contribution in [1.29, 1.82) is 0 Å². The number of nitrogens with one attached hydrogen (secondary N) is 1. The van der Waals surface area contributed by atoms with Gasteiger partial charge >= 0.3 is 6.36 Å². The van der Waals surface area contributed by atoms with Crippen molar-refractivity contribution in [2.45, 2.75) is 24.2 Å². The summed E-state index contributed by atoms with van der Waals surface area (Å²) in [5.74, 6) is -0.0620. The molecule has 10 heteroatoms. The SMILES string of the molecule is CNCc1cn(S(=O)c2cccnc2)c2cc(Cc3ccc(OC(F)(F)F)cc3OC)ccc12. The van der Waals surface area contributed by atoms with Crippen molar-refractivity contribution in [1.82, 2.24) is 14.3 Å². The summed E-state index contributed by atoms with van der Waals surface area (Å²) in [5.41, 5.74) is 3.35. The molecule has 2 aromatic heterocycles. The lowest BCUT2D eigenvalue weighted by atomic mass is 10.0. The molecule has 2 heterocycles. The fraction of sp³-hybridized carbons (Fsp3) is 0.208. The monoisotopic (exact) mass is 489 g/mol. The van der Waals surface area contributed by atoms with Gasteiger partial charge in [0.05, 0.1) is 17.5 Å². The minimum Gasteiger partial charge on any atom is -0.496 e. The van der Waals surface area contributed by atoms with Crippen LogP contribution in [0.15, 0.2) is 72.0 Å². The number of halogens is 3. The number of aromatic nitrogens is 2. The summed E-state index contributed by atoms with van der Waals surface area (Å²) in [7, 11) is 1.74. The molecule has 1 N–H and O–H groups in total. The standard InChI is InChI=1S/C24H22F3N3O3S/c1-28-13-18-15-30(34(31)20-4-3-9-29-14-20)22-11-16(5-8-21(18)22)10-17-6-7-19(12-23(17)32-2)33-24(25,26)27/h3-9,11-12,14-15,28H,10,13H2,1-2H3. The van der Waals surface area contributed by atoms with E-state index in [1.54, 1.807) is 34.6 Å². The number of hydrogen-bond donors (Lipinski definition) is 1. The first-order valence-corrected chi connectivity index (χ1v) is 11.4. The highest BCUT2D eigenvalue weighted by Gasteiger charge is 2.31. The summed E-state index contributed by atoms with van der Waals surface area (Å²) >= 11 is 0. The first-order valence-electron chi connectivity index (χ1n) is 10.3. The van der Waals surface area contributed by atoms with Crippen LogP contribution in [-0.4, -0.2) is 33.7 Å². The van der Waals surface area contributed by atoms with E-state index in [0.29, 0.717) is 23.4 Å². The summed E-state index contributed by atoms with van der Waals surface area (Å²) in [5, 5.41) is 4.08. The second-order valence-electron chi connectivity index (χ2n) is 7.50. The Morgan fingerprint density at radius 3 is 2.62 bits per heavy atom. The number of nitrogens with zero attached hydrogens (tertiary/aromatic N) is 2. The van der Waals surface area contributed by atoms with Gasteiger partial charge in [-0.3, -0.25) is 8.96 Å². The van der Waals surface area contributed by atoms with E-state index in [2.05, 4.69) is 15.0 Å². The molecular formula is C24H22F3N3O3S. The van der Waals surface area contributed by atoms with E-state index in [1.807, 2.05) is 31.4 Å². The van der Waals surface area contributed by atoms with E-state index >= 15 is 0 Å². The topological polar surface area (TPSA) is 65.4 Å². The number of ether oxygens (including phenoxy) is 2. The molecule has 0 aliphatic carbocycles. The number of rotatable bonds is 8. The van der Waals surface area contributed by atoms with Crippen LogP contribution in [0.3, 0.4) is 0 Å². The molecule has 0 saturated carbocycles. The average Bonchev–Trinajstić information content (AvgIpc) is 3.17. The van der Waals surface area contributed by atoms with Gasteiger partial charge in [-0.1, -0.05) is 18.2 Å². The van der Waals surface area contributed by atoms with Crippen molar-refractivity contribution >= 4 is 21.9 Å². The van der Waals surface area contributed by atoms with Gasteiger partial charge in [0.1, 0.15) is 11.5 Å². The molecule has 1 atom stereocenters. The summed E-state index contributed by atoms with van der Waals surface area (Å²) < 4.78 is 62.0. The van der Waals surface area contributed by atoms with Crippen LogP contribution in [-0.2, 0) is 24.0 Å². The molecule has 0 radical (unpaired) electrons. The smallest absolute Gasteiger partial charge is 0.496 e. The number of methoxy groups -OCH3 is 1. The van der Waals surface area contributed by atoms with Crippen molar-refractivity contribution in [2.24, 2.45) is 0 Å². The molecule has 0 spiro atoms. The Morgan fingerprint density at radius 1 is 1.12 bits per heavy atom. The van der Waals surface area contributed by atoms with Crippen molar-refractivity contribution in [3.8, 4) is 11.5 Å². The molecule has 178 valence electrons. The zero-order valence-corrected chi connectivity index (χ0v) is 19.2. The molecule has 2 aromatic carbocycles. The van der Waals surface area contributed by atoms with E-state index in [4.69, 9.17) is 4.74 Å². The lowest BCUT2D eigenvalue weighted by Crippen LogP contribution is -2.17. The highest BCUT2D eigenvalue weighted by Crippen LogP contribution is 2.32. The number of pyridine rings is 1. The van der Waals surface area contributed by atoms with Crippen LogP contribution in [0.1, 0.15) is 16.7 Å². The Morgan fingerprint density at radius 2 is 1.94 bits per heavy atom. The third kappa shape index (κ3) is 5.23. The predicted molar refractivity (Wildman–Crippen MR) is 123 cm³/mol. The van der Waals surface area contributed by atoms with Crippen LogP contribution in [0.25, 0.3) is 10.9 Å². The summed E-state index contributed by atoms with van der Waals surface area (Å²) in [4.78, 5) is 4.63. The third-order valence-electron chi connectivity index (χ3n) is 5.19. The highest BCUT2D eigenvalue weighted by molar-refractivity contribution is 7.83. The van der Waals surface area contributed by atoms with Gasteiger partial charge in [0, 0.05) is 43.0 Å². The Kier molecular flexibility index (Phi) is 6.90. The molecule has 0 aliphatic rings. The van der Waals surface area contributed by atoms with Gasteiger partial charge in [-0.2, -0.15) is 0 Å². The molecule has 0 fully saturated rings. The fourth-order valence-electron chi connectivity index (χ4n) is 3.74. The number of benzene rings is 2. The van der Waals surface area contributed by atoms with Gasteiger partial charge in [0.2, 0.25) is 0 Å². The normalized spacial score (nSPS) is 12.6. The summed E-state index contributed by atoms with van der Waals surface area (Å²) in [6.07, 6.45) is 0.670. The maximum absolute atomic E-state index is 13.3. The van der Waals surface area contributed by atoms with Crippen LogP contribution < -0.4 is 14.8 Å². The van der Waals surface area contributed by atoms with Crippen molar-refractivity contribution < 1.29 is 26.9 Å². The minimum absolute atomic E-state index is 0.284. The Labute approximate surface area is 196 Å². The molecular weight excluding hydrogens is 467 g/mol. The van der Waals surface area contributed by atoms with Gasteiger partial charge < -0.3 is 14.8 Å². The number of fused-ring (bicyclic) bond motifs is 1. The molecule has 6 nitrogen and oxygen atoms in total. The molecule has 34 heavy (non-hydrogen) atoms. The van der Waals surface area contributed by atoms with Gasteiger partial charge in [-0.15, -0.1) is 13.2 Å². The van der Waals surface area contributed by atoms with E-state index in [0.717, 1.165) is 22.0 Å². The molecule has 0 bridgehead atoms. The van der Waals surface area contributed by atoms with Crippen LogP contribution in [0, 0.1) is 0 Å². The lowest BCUT2D eigenvalue weighted by molar-refractivity contribution is -0.274. The van der Waals surface area contributed by atoms with Gasteiger partial charge in [-0.25, -0.2) is 4.21 Å². The second kappa shape index (κ2) is 9.86. The van der Waals surface area contributed by atoms with Crippen molar-refractivity contribution in [3.05, 3.63) is 83.8 Å². The first kappa shape index (κ1) is 23.8. The highest BCUT2D eigenvalue weighted by atomic mass is 32.2. The van der Waals surface area contributed by atoms with E-state index < -0.39 is 17.3 Å². The number of alkyl halides is 3. The Balaban J connectivity index is 1.71. The summed E-state index contributed by atoms with van der Waals surface area (Å²) in [6, 6.07) is 13.3. The van der Waals surface area contributed by atoms with Crippen LogP contribution in [0.2, 0.25) is 0 Å². The maximum Gasteiger partial charge on any atom is 0.573 e. The zero-order chi connectivity index (χ0) is 24.3. The quantitative estimate of drug-likeness (QED) is 0.384. The van der Waals surface area contributed by atoms with Crippen LogP contribution in [0.4, 0.5) is 13.2 Å². The first-order chi connectivity index (χ1) is 16.3. The van der Waals surface area contributed by atoms with Crippen molar-refractivity contribution in [3.63, 3.8) is 0 Å². The Hall–Kier alpha value is -3.37. The largest absolute Gasteiger partial charge is 0.573 e. The number of hydrogen-bond acceptors (Lipinski definition) is 5. The van der Waals surface area contributed by atoms with E-state index in [-0.39, 0.29) is 11.5 Å². The molecule has 0 saturated heterocycles. The van der Waals surface area contributed by atoms with Gasteiger partial charge in [0.25, 0.3) is 0 Å². The Bertz CT molecular complexity index is 1320. The van der Waals surface area contributed by atoms with Crippen LogP contribution in [0.5, 0.6) is 11.5 Å². The maximum atomic E-state index is 13.3. The third-order valence-corrected chi connectivity index (χ3v) is 6.49. The lowest BCUT2D eigenvalue weighted by Gasteiger charge is -2.13. The molecule has 0 amide bonds. The summed E-state index contributed by atoms with van der Waals surface area (Å²) in [6.45, 7) is 0.599. The average molecular weight is 490 g/mol. The molecule has 4 rings (SSSR count). The second-order valence-corrected chi connectivity index (χ2v) is 8.86. The van der Waals surface area contributed by atoms with E-state index in [1.165, 1.54) is 19.2 Å². The minimum atomic E-state index is -4.78. The van der Waals surface area contributed by atoms with Crippen molar-refractivity contribution in [2.75, 3.05) is 14.2 Å². The van der Waals surface area contributed by atoms with Gasteiger partial charge in [-0.05, 0) is 48.0 Å². The van der Waals surface area contributed by atoms with Gasteiger partial charge in [0.15, 0.2) is 11.0 Å². The molecule has 4 aromatic rings. The predicted octanol–water partition coefficient (Wildman–Crippen LogP) is 4.82. The zero-order valence-electron chi connectivity index (χ0n) is 18.4. The fourth-order valence-corrected chi connectivity index (χ4v) is 4.87. The molecule has 0 aliphatic heterocycles. The molecule has 1 unspecified atom stereocenters. The van der Waals surface area contributed by atoms with E-state index in [9.17, 15) is 17.4 Å². The van der Waals surface area contributed by atoms with Crippen LogP contribution >= 0.6 is 0 Å².